The van der Waals surface area contributed by atoms with Gasteiger partial charge in [-0.3, -0.25) is 4.98 Å². The lowest BCUT2D eigenvalue weighted by Gasteiger charge is -2.31. The number of hydrogen-bond donors (Lipinski definition) is 0. The Bertz CT molecular complexity index is 792. The van der Waals surface area contributed by atoms with Crippen molar-refractivity contribution in [3.05, 3.63) is 42.9 Å². The Labute approximate surface area is 140 Å². The molecule has 4 heterocycles. The molecule has 0 spiro atoms. The van der Waals surface area contributed by atoms with Gasteiger partial charge in [-0.05, 0) is 43.0 Å². The molecule has 0 N–H and O–H groups in total. The summed E-state index contributed by atoms with van der Waals surface area (Å²) in [6.07, 6.45) is 7.67. The van der Waals surface area contributed by atoms with E-state index in [0.717, 1.165) is 36.0 Å². The predicted octanol–water partition coefficient (Wildman–Crippen LogP) is 3.43. The lowest BCUT2D eigenvalue weighted by atomic mass is 9.99. The Kier molecular flexibility index (Phi) is 3.94. The van der Waals surface area contributed by atoms with Gasteiger partial charge in [0.15, 0.2) is 0 Å². The number of nitrogens with zero attached hydrogens (tertiary/aromatic N) is 5. The zero-order valence-electron chi connectivity index (χ0n) is 13.6. The zero-order chi connectivity index (χ0) is 16.4. The minimum absolute atomic E-state index is 0.480. The molecule has 1 saturated heterocycles. The molecule has 0 aromatic carbocycles. The molecule has 0 bridgehead atoms. The predicted molar refractivity (Wildman–Crippen MR) is 91.4 cm³/mol. The van der Waals surface area contributed by atoms with E-state index in [1.807, 2.05) is 24.3 Å². The molecule has 6 nitrogen and oxygen atoms in total. The highest BCUT2D eigenvalue weighted by atomic mass is 16.5. The van der Waals surface area contributed by atoms with Crippen LogP contribution in [-0.4, -0.2) is 33.2 Å². The molecule has 1 aliphatic rings. The molecule has 3 aromatic heterocycles. The highest BCUT2D eigenvalue weighted by Crippen LogP contribution is 2.25. The summed E-state index contributed by atoms with van der Waals surface area (Å²) in [6, 6.07) is 7.73. The summed E-state index contributed by atoms with van der Waals surface area (Å²) in [7, 11) is 0. The minimum Gasteiger partial charge on any atom is -0.357 e. The SMILES string of the molecule is CC1CCN(c2ccc(-c3nc(-c4ccncc4)no3)cn2)CC1. The molecule has 0 saturated carbocycles. The van der Waals surface area contributed by atoms with Gasteiger partial charge in [-0.15, -0.1) is 0 Å². The van der Waals surface area contributed by atoms with Gasteiger partial charge in [0.25, 0.3) is 5.89 Å². The molecule has 1 fully saturated rings. The van der Waals surface area contributed by atoms with E-state index in [4.69, 9.17) is 4.52 Å². The highest BCUT2D eigenvalue weighted by Gasteiger charge is 2.17. The van der Waals surface area contributed by atoms with E-state index < -0.39 is 0 Å². The van der Waals surface area contributed by atoms with Gasteiger partial charge in [-0.2, -0.15) is 4.98 Å². The lowest BCUT2D eigenvalue weighted by Crippen LogP contribution is -2.33. The van der Waals surface area contributed by atoms with Crippen LogP contribution in [0.3, 0.4) is 0 Å². The summed E-state index contributed by atoms with van der Waals surface area (Å²) >= 11 is 0. The Hall–Kier alpha value is -2.76. The maximum Gasteiger partial charge on any atom is 0.259 e. The first-order chi connectivity index (χ1) is 11.8. The third-order valence-corrected chi connectivity index (χ3v) is 4.47. The van der Waals surface area contributed by atoms with Crippen molar-refractivity contribution < 1.29 is 4.52 Å². The molecular weight excluding hydrogens is 302 g/mol. The quantitative estimate of drug-likeness (QED) is 0.736. The van der Waals surface area contributed by atoms with E-state index in [2.05, 4.69) is 31.9 Å². The smallest absolute Gasteiger partial charge is 0.259 e. The van der Waals surface area contributed by atoms with Gasteiger partial charge >= 0.3 is 0 Å². The van der Waals surface area contributed by atoms with Crippen molar-refractivity contribution in [3.63, 3.8) is 0 Å². The maximum absolute atomic E-state index is 5.37. The van der Waals surface area contributed by atoms with Crippen LogP contribution < -0.4 is 4.90 Å². The molecule has 0 amide bonds. The van der Waals surface area contributed by atoms with E-state index in [1.54, 1.807) is 18.6 Å². The van der Waals surface area contributed by atoms with Crippen LogP contribution in [0.5, 0.6) is 0 Å². The highest BCUT2D eigenvalue weighted by molar-refractivity contribution is 5.59. The summed E-state index contributed by atoms with van der Waals surface area (Å²) in [5.74, 6) is 2.86. The summed E-state index contributed by atoms with van der Waals surface area (Å²) in [6.45, 7) is 4.45. The van der Waals surface area contributed by atoms with Crippen LogP contribution in [0, 0.1) is 5.92 Å². The van der Waals surface area contributed by atoms with Crippen molar-refractivity contribution in [1.29, 1.82) is 0 Å². The summed E-state index contributed by atoms with van der Waals surface area (Å²) in [5.41, 5.74) is 1.71. The van der Waals surface area contributed by atoms with Crippen molar-refractivity contribution in [3.8, 4) is 22.8 Å². The van der Waals surface area contributed by atoms with Crippen molar-refractivity contribution in [2.24, 2.45) is 5.92 Å². The van der Waals surface area contributed by atoms with Crippen molar-refractivity contribution >= 4 is 5.82 Å². The van der Waals surface area contributed by atoms with E-state index >= 15 is 0 Å². The molecular formula is C18H19N5O. The van der Waals surface area contributed by atoms with Crippen LogP contribution >= 0.6 is 0 Å². The fourth-order valence-corrected chi connectivity index (χ4v) is 2.90. The second kappa shape index (κ2) is 6.39. The Morgan fingerprint density at radius 1 is 1.04 bits per heavy atom. The van der Waals surface area contributed by atoms with Crippen LogP contribution in [0.2, 0.25) is 0 Å². The van der Waals surface area contributed by atoms with Gasteiger partial charge < -0.3 is 9.42 Å². The number of hydrogen-bond acceptors (Lipinski definition) is 6. The van der Waals surface area contributed by atoms with Crippen LogP contribution in [0.4, 0.5) is 5.82 Å². The third-order valence-electron chi connectivity index (χ3n) is 4.47. The molecule has 6 heteroatoms. The maximum atomic E-state index is 5.37. The van der Waals surface area contributed by atoms with E-state index in [9.17, 15) is 0 Å². The van der Waals surface area contributed by atoms with Gasteiger partial charge in [0.1, 0.15) is 5.82 Å². The molecule has 1 aliphatic heterocycles. The molecule has 3 aromatic rings. The summed E-state index contributed by atoms with van der Waals surface area (Å²) in [4.78, 5) is 15.3. The third kappa shape index (κ3) is 2.99. The number of anilines is 1. The van der Waals surface area contributed by atoms with Gasteiger partial charge in [0.2, 0.25) is 5.82 Å². The number of aromatic nitrogens is 4. The van der Waals surface area contributed by atoms with Gasteiger partial charge in [-0.25, -0.2) is 4.98 Å². The van der Waals surface area contributed by atoms with E-state index in [0.29, 0.717) is 11.7 Å². The van der Waals surface area contributed by atoms with Gasteiger partial charge in [0, 0.05) is 37.2 Å². The topological polar surface area (TPSA) is 67.9 Å². The second-order valence-electron chi connectivity index (χ2n) is 6.23. The van der Waals surface area contributed by atoms with Gasteiger partial charge in [0.05, 0.1) is 5.56 Å². The fourth-order valence-electron chi connectivity index (χ4n) is 2.90. The summed E-state index contributed by atoms with van der Waals surface area (Å²) in [5, 5.41) is 4.03. The second-order valence-corrected chi connectivity index (χ2v) is 6.23. The molecule has 0 unspecified atom stereocenters. The number of piperidine rings is 1. The molecule has 4 rings (SSSR count). The normalized spacial score (nSPS) is 15.6. The standard InChI is InChI=1S/C18H19N5O/c1-13-6-10-23(11-7-13)16-3-2-15(12-20-16)18-21-17(22-24-18)14-4-8-19-9-5-14/h2-5,8-9,12-13H,6-7,10-11H2,1H3. The van der Waals surface area contributed by atoms with E-state index in [1.165, 1.54) is 12.8 Å². The van der Waals surface area contributed by atoms with Gasteiger partial charge in [-0.1, -0.05) is 12.1 Å². The largest absolute Gasteiger partial charge is 0.357 e. The average Bonchev–Trinajstić information content (AvgIpc) is 3.13. The first-order valence-corrected chi connectivity index (χ1v) is 8.25. The lowest BCUT2D eigenvalue weighted by molar-refractivity contribution is 0.431. The minimum atomic E-state index is 0.480. The molecule has 122 valence electrons. The summed E-state index contributed by atoms with van der Waals surface area (Å²) < 4.78 is 5.37. The Morgan fingerprint density at radius 3 is 2.54 bits per heavy atom. The van der Waals surface area contributed by atoms with Crippen molar-refractivity contribution in [2.45, 2.75) is 19.8 Å². The number of pyridine rings is 2. The Balaban J connectivity index is 1.52. The molecule has 0 atom stereocenters. The monoisotopic (exact) mass is 321 g/mol. The van der Waals surface area contributed by atoms with Crippen LogP contribution in [0.25, 0.3) is 22.8 Å². The first kappa shape index (κ1) is 14.8. The fraction of sp³-hybridized carbons (Fsp3) is 0.333. The number of rotatable bonds is 3. The van der Waals surface area contributed by atoms with Crippen LogP contribution in [-0.2, 0) is 0 Å². The van der Waals surface area contributed by atoms with Crippen molar-refractivity contribution in [2.75, 3.05) is 18.0 Å². The van der Waals surface area contributed by atoms with Crippen LogP contribution in [0.1, 0.15) is 19.8 Å². The van der Waals surface area contributed by atoms with E-state index in [-0.39, 0.29) is 0 Å². The molecule has 0 aliphatic carbocycles. The van der Waals surface area contributed by atoms with Crippen molar-refractivity contribution in [1.82, 2.24) is 20.1 Å². The zero-order valence-corrected chi connectivity index (χ0v) is 13.6. The molecule has 0 radical (unpaired) electrons. The Morgan fingerprint density at radius 2 is 1.83 bits per heavy atom. The average molecular weight is 321 g/mol. The van der Waals surface area contributed by atoms with Crippen LogP contribution in [0.15, 0.2) is 47.4 Å². The first-order valence-electron chi connectivity index (χ1n) is 8.25. The molecule has 24 heavy (non-hydrogen) atoms.